The molecule has 1 saturated carbocycles. The molecule has 0 aromatic heterocycles. The van der Waals surface area contributed by atoms with Gasteiger partial charge in [0.25, 0.3) is 0 Å². The van der Waals surface area contributed by atoms with Gasteiger partial charge in [-0.2, -0.15) is 0 Å². The van der Waals surface area contributed by atoms with Crippen LogP contribution in [0.15, 0.2) is 12.2 Å². The first-order valence-electron chi connectivity index (χ1n) is 6.16. The number of rotatable bonds is 7. The summed E-state index contributed by atoms with van der Waals surface area (Å²) in [6, 6.07) is 0. The molecule has 0 spiro atoms. The van der Waals surface area contributed by atoms with Crippen LogP contribution in [0.5, 0.6) is 0 Å². The Kier molecular flexibility index (Phi) is 8.40. The number of thiol groups is 1. The molecular formula is C12H21O3PS2. The second-order valence-corrected chi connectivity index (χ2v) is 6.73. The molecule has 104 valence electrons. The number of ether oxygens (including phenoxy) is 1. The molecular weight excluding hydrogens is 287 g/mol. The van der Waals surface area contributed by atoms with E-state index < -0.39 is 0 Å². The molecule has 0 aromatic rings. The van der Waals surface area contributed by atoms with Crippen molar-refractivity contribution in [3.05, 3.63) is 12.2 Å². The van der Waals surface area contributed by atoms with Gasteiger partial charge in [0.05, 0.1) is 17.7 Å². The normalized spacial score (nSPS) is 24.3. The van der Waals surface area contributed by atoms with Crippen molar-refractivity contribution in [1.82, 2.24) is 0 Å². The Labute approximate surface area is 120 Å². The van der Waals surface area contributed by atoms with Gasteiger partial charge < -0.3 is 4.74 Å². The van der Waals surface area contributed by atoms with Crippen LogP contribution in [0.1, 0.15) is 32.6 Å². The zero-order valence-corrected chi connectivity index (χ0v) is 13.4. The lowest BCUT2D eigenvalue weighted by Gasteiger charge is -2.27. The maximum atomic E-state index is 11.3. The third kappa shape index (κ3) is 6.46. The smallest absolute Gasteiger partial charge is 0.333 e. The number of carbonyl (C=O) groups excluding carboxylic acids is 1. The molecule has 1 rings (SSSR count). The van der Waals surface area contributed by atoms with Crippen LogP contribution < -0.4 is 0 Å². The lowest BCUT2D eigenvalue weighted by Crippen LogP contribution is -2.21. The fraction of sp³-hybridized carbons (Fsp3) is 0.750. The molecule has 1 atom stereocenters. The van der Waals surface area contributed by atoms with Gasteiger partial charge in [0, 0.05) is 14.4 Å². The quantitative estimate of drug-likeness (QED) is 0.147. The van der Waals surface area contributed by atoms with Gasteiger partial charge in [-0.1, -0.05) is 18.2 Å². The molecule has 1 unspecified atom stereocenters. The van der Waals surface area contributed by atoms with Gasteiger partial charge >= 0.3 is 5.97 Å². The van der Waals surface area contributed by atoms with Gasteiger partial charge in [-0.05, 0) is 50.6 Å². The van der Waals surface area contributed by atoms with Crippen molar-refractivity contribution in [1.29, 1.82) is 0 Å². The lowest BCUT2D eigenvalue weighted by atomic mass is 9.83. The van der Waals surface area contributed by atoms with Crippen LogP contribution in [0.2, 0.25) is 0 Å². The summed E-state index contributed by atoms with van der Waals surface area (Å²) in [5.41, 5.74) is 0.478. The Morgan fingerprint density at radius 3 is 2.56 bits per heavy atom. The third-order valence-electron chi connectivity index (χ3n) is 3.23. The summed E-state index contributed by atoms with van der Waals surface area (Å²) in [6.45, 7) is 5.80. The predicted octanol–water partition coefficient (Wildman–Crippen LogP) is 4.02. The highest BCUT2D eigenvalue weighted by atomic mass is 33.1. The first-order chi connectivity index (χ1) is 8.63. The maximum absolute atomic E-state index is 11.3. The number of hydrogen-bond acceptors (Lipinski definition) is 5. The molecule has 18 heavy (non-hydrogen) atoms. The fourth-order valence-electron chi connectivity index (χ4n) is 2.10. The Balaban J connectivity index is 2.11. The van der Waals surface area contributed by atoms with Gasteiger partial charge in [-0.3, -0.25) is 3.97 Å². The highest BCUT2D eigenvalue weighted by Crippen LogP contribution is 2.34. The van der Waals surface area contributed by atoms with Gasteiger partial charge in [-0.15, -0.1) is 0 Å². The van der Waals surface area contributed by atoms with E-state index in [0.29, 0.717) is 26.9 Å². The van der Waals surface area contributed by atoms with Gasteiger partial charge in [0.15, 0.2) is 0 Å². The summed E-state index contributed by atoms with van der Waals surface area (Å²) in [6.07, 6.45) is 5.84. The van der Waals surface area contributed by atoms with Crippen LogP contribution in [0, 0.1) is 11.8 Å². The first-order valence-corrected chi connectivity index (χ1v) is 9.07. The van der Waals surface area contributed by atoms with E-state index in [1.807, 2.05) is 0 Å². The van der Waals surface area contributed by atoms with Crippen LogP contribution in [0.3, 0.4) is 0 Å². The minimum Gasteiger partial charge on any atom is -0.462 e. The monoisotopic (exact) mass is 308 g/mol. The maximum Gasteiger partial charge on any atom is 0.333 e. The molecule has 1 aliphatic carbocycles. The second kappa shape index (κ2) is 9.24. The van der Waals surface area contributed by atoms with Crippen LogP contribution >= 0.6 is 31.5 Å². The van der Waals surface area contributed by atoms with Crippen molar-refractivity contribution in [2.24, 2.45) is 11.8 Å². The predicted molar refractivity (Wildman–Crippen MR) is 82.1 cm³/mol. The van der Waals surface area contributed by atoms with Crippen molar-refractivity contribution in [2.45, 2.75) is 32.6 Å². The van der Waals surface area contributed by atoms with Crippen molar-refractivity contribution in [3.63, 3.8) is 0 Å². The molecule has 0 saturated heterocycles. The summed E-state index contributed by atoms with van der Waals surface area (Å²) in [7, 11) is 0.538. The molecule has 1 fully saturated rings. The highest BCUT2D eigenvalue weighted by molar-refractivity contribution is 8.67. The summed E-state index contributed by atoms with van der Waals surface area (Å²) < 4.78 is 10.4. The van der Waals surface area contributed by atoms with E-state index in [1.165, 1.54) is 12.8 Å². The standard InChI is InChI=1S/C12H21O3PS2/c1-9(2)12(13)14-7-10-3-5-11(6-4-10)8-16-15-18-17/h10-11,16-17H,1,3-8H2,2H3. The Bertz CT molecular complexity index is 278. The minimum atomic E-state index is -0.266. The Hall–Kier alpha value is 0.300. The van der Waals surface area contributed by atoms with E-state index in [2.05, 4.69) is 18.2 Å². The van der Waals surface area contributed by atoms with Crippen LogP contribution in [-0.4, -0.2) is 18.7 Å². The van der Waals surface area contributed by atoms with Gasteiger partial charge in [0.2, 0.25) is 0 Å². The summed E-state index contributed by atoms with van der Waals surface area (Å²) in [5.74, 6) is 1.02. The van der Waals surface area contributed by atoms with E-state index in [1.54, 1.807) is 6.92 Å². The number of esters is 1. The van der Waals surface area contributed by atoms with Gasteiger partial charge in [-0.25, -0.2) is 4.79 Å². The molecule has 3 nitrogen and oxygen atoms in total. The molecule has 0 radical (unpaired) electrons. The molecule has 0 bridgehead atoms. The average molecular weight is 308 g/mol. The Morgan fingerprint density at radius 2 is 2.00 bits per heavy atom. The van der Waals surface area contributed by atoms with E-state index in [4.69, 9.17) is 8.71 Å². The largest absolute Gasteiger partial charge is 0.462 e. The number of carbonyl (C=O) groups is 1. The van der Waals surface area contributed by atoms with Crippen LogP contribution in [0.25, 0.3) is 0 Å². The highest BCUT2D eigenvalue weighted by Gasteiger charge is 2.22. The van der Waals surface area contributed by atoms with Crippen molar-refractivity contribution in [3.8, 4) is 0 Å². The van der Waals surface area contributed by atoms with Gasteiger partial charge in [0.1, 0.15) is 0 Å². The second-order valence-electron chi connectivity index (χ2n) is 4.77. The third-order valence-corrected chi connectivity index (χ3v) is 5.42. The van der Waals surface area contributed by atoms with Crippen molar-refractivity contribution in [2.75, 3.05) is 12.8 Å². The topological polar surface area (TPSA) is 35.5 Å². The molecule has 0 heterocycles. The minimum absolute atomic E-state index is 0.266. The van der Waals surface area contributed by atoms with E-state index in [9.17, 15) is 4.79 Å². The molecule has 0 N–H and O–H groups in total. The average Bonchev–Trinajstić information content (AvgIpc) is 2.37. The summed E-state index contributed by atoms with van der Waals surface area (Å²) in [4.78, 5) is 11.3. The lowest BCUT2D eigenvalue weighted by molar-refractivity contribution is -0.140. The Morgan fingerprint density at radius 1 is 1.39 bits per heavy atom. The van der Waals surface area contributed by atoms with Crippen LogP contribution in [-0.2, 0) is 13.5 Å². The molecule has 0 amide bonds. The van der Waals surface area contributed by atoms with E-state index in [0.717, 1.165) is 36.0 Å². The van der Waals surface area contributed by atoms with E-state index in [-0.39, 0.29) is 5.97 Å². The van der Waals surface area contributed by atoms with Crippen molar-refractivity contribution >= 4 is 37.5 Å². The zero-order valence-electron chi connectivity index (χ0n) is 10.7. The SMILES string of the molecule is C=C(C)C(=O)OCC1CCC(CPOSS)CC1. The summed E-state index contributed by atoms with van der Waals surface area (Å²) in [5, 5.41) is 0. The summed E-state index contributed by atoms with van der Waals surface area (Å²) >= 11 is 5.09. The zero-order chi connectivity index (χ0) is 13.4. The molecule has 6 heteroatoms. The van der Waals surface area contributed by atoms with Crippen LogP contribution in [0.4, 0.5) is 0 Å². The molecule has 1 aliphatic rings. The fourth-order valence-corrected chi connectivity index (χ4v) is 3.70. The molecule has 0 aromatic carbocycles. The van der Waals surface area contributed by atoms with E-state index >= 15 is 0 Å². The van der Waals surface area contributed by atoms with Crippen molar-refractivity contribution < 1.29 is 13.5 Å². The molecule has 0 aliphatic heterocycles. The number of hydrogen-bond donors (Lipinski definition) is 1. The first kappa shape index (κ1) is 16.4.